The van der Waals surface area contributed by atoms with E-state index in [0.717, 1.165) is 19.3 Å². The van der Waals surface area contributed by atoms with E-state index in [-0.39, 0.29) is 11.4 Å². The fourth-order valence-corrected chi connectivity index (χ4v) is 1.41. The van der Waals surface area contributed by atoms with Crippen LogP contribution in [0.2, 0.25) is 0 Å². The molecule has 0 aliphatic carbocycles. The van der Waals surface area contributed by atoms with Crippen molar-refractivity contribution < 1.29 is 9.53 Å². The Morgan fingerprint density at radius 2 is 2.55 bits per heavy atom. The van der Waals surface area contributed by atoms with Crippen LogP contribution in [0, 0.1) is 5.41 Å². The minimum atomic E-state index is -0.292. The summed E-state index contributed by atoms with van der Waals surface area (Å²) in [6.07, 6.45) is 4.42. The number of cyclic esters (lactones) is 1. The van der Waals surface area contributed by atoms with Crippen LogP contribution in [0.3, 0.4) is 0 Å². The van der Waals surface area contributed by atoms with Gasteiger partial charge in [-0.05, 0) is 26.2 Å². The van der Waals surface area contributed by atoms with Gasteiger partial charge in [0, 0.05) is 0 Å². The highest BCUT2D eigenvalue weighted by Gasteiger charge is 2.35. The second-order valence-corrected chi connectivity index (χ2v) is 3.29. The standard InChI is InChI=1S/C9H14O2/c1-3-5-9(2)6-4-7-11-8(9)10/h3H,1,4-7H2,2H3. The molecule has 2 nitrogen and oxygen atoms in total. The van der Waals surface area contributed by atoms with E-state index in [9.17, 15) is 4.79 Å². The lowest BCUT2D eigenvalue weighted by Crippen LogP contribution is -2.34. The van der Waals surface area contributed by atoms with Crippen LogP contribution in [0.5, 0.6) is 0 Å². The van der Waals surface area contributed by atoms with Crippen LogP contribution >= 0.6 is 0 Å². The van der Waals surface area contributed by atoms with Crippen molar-refractivity contribution in [3.8, 4) is 0 Å². The van der Waals surface area contributed by atoms with Crippen LogP contribution < -0.4 is 0 Å². The van der Waals surface area contributed by atoms with Crippen LogP contribution in [0.25, 0.3) is 0 Å². The first-order valence-corrected chi connectivity index (χ1v) is 3.97. The summed E-state index contributed by atoms with van der Waals surface area (Å²) in [5.41, 5.74) is -0.292. The van der Waals surface area contributed by atoms with Gasteiger partial charge in [0.05, 0.1) is 12.0 Å². The van der Waals surface area contributed by atoms with Crippen LogP contribution in [0.1, 0.15) is 26.2 Å². The molecule has 11 heavy (non-hydrogen) atoms. The zero-order valence-corrected chi connectivity index (χ0v) is 6.93. The maximum absolute atomic E-state index is 11.2. The smallest absolute Gasteiger partial charge is 0.312 e. The van der Waals surface area contributed by atoms with E-state index in [4.69, 9.17) is 4.74 Å². The first-order valence-electron chi connectivity index (χ1n) is 3.97. The van der Waals surface area contributed by atoms with Crippen LogP contribution in [-0.2, 0) is 9.53 Å². The summed E-state index contributed by atoms with van der Waals surface area (Å²) < 4.78 is 4.96. The van der Waals surface area contributed by atoms with Gasteiger partial charge in [-0.15, -0.1) is 6.58 Å². The fraction of sp³-hybridized carbons (Fsp3) is 0.667. The molecule has 1 heterocycles. The van der Waals surface area contributed by atoms with Gasteiger partial charge in [0.25, 0.3) is 0 Å². The summed E-state index contributed by atoms with van der Waals surface area (Å²) in [6, 6.07) is 0. The number of esters is 1. The number of carbonyl (C=O) groups excluding carboxylic acids is 1. The third-order valence-electron chi connectivity index (χ3n) is 2.19. The Morgan fingerprint density at radius 1 is 1.82 bits per heavy atom. The van der Waals surface area contributed by atoms with Gasteiger partial charge in [-0.2, -0.15) is 0 Å². The Hall–Kier alpha value is -0.790. The summed E-state index contributed by atoms with van der Waals surface area (Å²) in [6.45, 7) is 6.16. The van der Waals surface area contributed by atoms with Crippen molar-refractivity contribution in [3.63, 3.8) is 0 Å². The highest BCUT2D eigenvalue weighted by Crippen LogP contribution is 2.32. The Labute approximate surface area is 67.2 Å². The maximum Gasteiger partial charge on any atom is 0.312 e. The molecular formula is C9H14O2. The zero-order valence-electron chi connectivity index (χ0n) is 6.93. The van der Waals surface area contributed by atoms with Crippen molar-refractivity contribution in [2.75, 3.05) is 6.61 Å². The molecule has 0 bridgehead atoms. The van der Waals surface area contributed by atoms with Crippen molar-refractivity contribution in [3.05, 3.63) is 12.7 Å². The second kappa shape index (κ2) is 3.07. The molecule has 0 saturated carbocycles. The van der Waals surface area contributed by atoms with E-state index in [1.807, 2.05) is 6.92 Å². The molecule has 0 radical (unpaired) electrons. The maximum atomic E-state index is 11.2. The van der Waals surface area contributed by atoms with E-state index < -0.39 is 0 Å². The summed E-state index contributed by atoms with van der Waals surface area (Å²) >= 11 is 0. The predicted molar refractivity (Wildman–Crippen MR) is 43.1 cm³/mol. The first kappa shape index (κ1) is 8.31. The van der Waals surface area contributed by atoms with E-state index in [0.29, 0.717) is 6.61 Å². The lowest BCUT2D eigenvalue weighted by molar-refractivity contribution is -0.160. The SMILES string of the molecule is C=CCC1(C)CCCOC1=O. The van der Waals surface area contributed by atoms with Crippen molar-refractivity contribution in [2.24, 2.45) is 5.41 Å². The highest BCUT2D eigenvalue weighted by atomic mass is 16.5. The molecule has 1 unspecified atom stereocenters. The quantitative estimate of drug-likeness (QED) is 0.448. The van der Waals surface area contributed by atoms with Gasteiger partial charge in [-0.1, -0.05) is 6.08 Å². The summed E-state index contributed by atoms with van der Waals surface area (Å²) in [5.74, 6) is -0.0661. The predicted octanol–water partition coefficient (Wildman–Crippen LogP) is 1.91. The normalized spacial score (nSPS) is 31.2. The fourth-order valence-electron chi connectivity index (χ4n) is 1.41. The molecule has 1 saturated heterocycles. The lowest BCUT2D eigenvalue weighted by atomic mass is 9.81. The topological polar surface area (TPSA) is 26.3 Å². The van der Waals surface area contributed by atoms with E-state index in [1.54, 1.807) is 6.08 Å². The van der Waals surface area contributed by atoms with Crippen molar-refractivity contribution in [1.29, 1.82) is 0 Å². The molecule has 0 aromatic carbocycles. The summed E-state index contributed by atoms with van der Waals surface area (Å²) in [4.78, 5) is 11.2. The van der Waals surface area contributed by atoms with E-state index in [2.05, 4.69) is 6.58 Å². The molecule has 0 amide bonds. The molecule has 1 atom stereocenters. The van der Waals surface area contributed by atoms with Gasteiger partial charge in [0.1, 0.15) is 0 Å². The second-order valence-electron chi connectivity index (χ2n) is 3.29. The molecule has 62 valence electrons. The van der Waals surface area contributed by atoms with Crippen LogP contribution in [-0.4, -0.2) is 12.6 Å². The molecule has 1 aliphatic rings. The summed E-state index contributed by atoms with van der Waals surface area (Å²) in [7, 11) is 0. The highest BCUT2D eigenvalue weighted by molar-refractivity contribution is 5.77. The minimum absolute atomic E-state index is 0.0661. The monoisotopic (exact) mass is 154 g/mol. The van der Waals surface area contributed by atoms with Crippen molar-refractivity contribution in [2.45, 2.75) is 26.2 Å². The molecule has 1 fully saturated rings. The number of hydrogen-bond acceptors (Lipinski definition) is 2. The zero-order chi connectivity index (χ0) is 8.32. The Kier molecular flexibility index (Phi) is 2.32. The molecule has 0 aromatic rings. The third kappa shape index (κ3) is 1.62. The number of ether oxygens (including phenoxy) is 1. The van der Waals surface area contributed by atoms with Gasteiger partial charge >= 0.3 is 5.97 Å². The van der Waals surface area contributed by atoms with Crippen LogP contribution in [0.4, 0.5) is 0 Å². The molecule has 0 aromatic heterocycles. The Morgan fingerprint density at radius 3 is 3.09 bits per heavy atom. The Balaban J connectivity index is 2.64. The lowest BCUT2D eigenvalue weighted by Gasteiger charge is -2.30. The number of allylic oxidation sites excluding steroid dienone is 1. The first-order chi connectivity index (χ1) is 5.19. The molecule has 0 spiro atoms. The molecular weight excluding hydrogens is 140 g/mol. The third-order valence-corrected chi connectivity index (χ3v) is 2.19. The number of rotatable bonds is 2. The van der Waals surface area contributed by atoms with Gasteiger partial charge in [0.2, 0.25) is 0 Å². The summed E-state index contributed by atoms with van der Waals surface area (Å²) in [5, 5.41) is 0. The average molecular weight is 154 g/mol. The number of hydrogen-bond donors (Lipinski definition) is 0. The molecule has 1 rings (SSSR count). The molecule has 2 heteroatoms. The van der Waals surface area contributed by atoms with E-state index >= 15 is 0 Å². The van der Waals surface area contributed by atoms with Gasteiger partial charge < -0.3 is 4.74 Å². The van der Waals surface area contributed by atoms with Crippen molar-refractivity contribution in [1.82, 2.24) is 0 Å². The molecule has 0 N–H and O–H groups in total. The van der Waals surface area contributed by atoms with Crippen LogP contribution in [0.15, 0.2) is 12.7 Å². The largest absolute Gasteiger partial charge is 0.465 e. The van der Waals surface area contributed by atoms with Crippen molar-refractivity contribution >= 4 is 5.97 Å². The minimum Gasteiger partial charge on any atom is -0.465 e. The van der Waals surface area contributed by atoms with Gasteiger partial charge in [0.15, 0.2) is 0 Å². The molecule has 1 aliphatic heterocycles. The van der Waals surface area contributed by atoms with Gasteiger partial charge in [-0.3, -0.25) is 4.79 Å². The van der Waals surface area contributed by atoms with Gasteiger partial charge in [-0.25, -0.2) is 0 Å². The average Bonchev–Trinajstić information content (AvgIpc) is 1.96. The van der Waals surface area contributed by atoms with E-state index in [1.165, 1.54) is 0 Å². The number of carbonyl (C=O) groups is 1. The Bertz CT molecular complexity index is 174.